The molecule has 1 aromatic carbocycles. The molecule has 2 heterocycles. The van der Waals surface area contributed by atoms with Crippen molar-refractivity contribution < 1.29 is 18.7 Å². The van der Waals surface area contributed by atoms with E-state index in [9.17, 15) is 9.59 Å². The Kier molecular flexibility index (Phi) is 5.71. The van der Waals surface area contributed by atoms with Crippen molar-refractivity contribution in [1.82, 2.24) is 9.78 Å². The first-order valence-electron chi connectivity index (χ1n) is 8.64. The maximum absolute atomic E-state index is 12.0. The fourth-order valence-electron chi connectivity index (χ4n) is 2.50. The molecule has 0 unspecified atom stereocenters. The Morgan fingerprint density at radius 3 is 2.81 bits per heavy atom. The number of ether oxygens (including phenoxy) is 1. The first kappa shape index (κ1) is 18.4. The Bertz CT molecular complexity index is 913. The largest absolute Gasteiger partial charge is 0.452 e. The van der Waals surface area contributed by atoms with Gasteiger partial charge >= 0.3 is 5.97 Å². The summed E-state index contributed by atoms with van der Waals surface area (Å²) >= 11 is 0. The number of carbonyl (C=O) groups is 2. The van der Waals surface area contributed by atoms with Crippen molar-refractivity contribution >= 4 is 17.6 Å². The van der Waals surface area contributed by atoms with Crippen molar-refractivity contribution in [3.8, 4) is 0 Å². The summed E-state index contributed by atoms with van der Waals surface area (Å²) in [4.78, 5) is 24.1. The first-order chi connectivity index (χ1) is 13.0. The van der Waals surface area contributed by atoms with Crippen LogP contribution in [0.25, 0.3) is 0 Å². The molecule has 0 spiro atoms. The van der Waals surface area contributed by atoms with Crippen LogP contribution in [0.5, 0.6) is 0 Å². The van der Waals surface area contributed by atoms with Gasteiger partial charge in [-0.05, 0) is 41.8 Å². The number of rotatable bonds is 7. The second-order valence-corrected chi connectivity index (χ2v) is 6.37. The molecule has 0 aliphatic heterocycles. The number of aromatic nitrogens is 2. The quantitative estimate of drug-likeness (QED) is 0.647. The van der Waals surface area contributed by atoms with E-state index in [2.05, 4.69) is 24.3 Å². The summed E-state index contributed by atoms with van der Waals surface area (Å²) in [6.07, 6.45) is 3.45. The molecule has 3 aromatic rings. The summed E-state index contributed by atoms with van der Waals surface area (Å²) in [5.41, 5.74) is 1.78. The van der Waals surface area contributed by atoms with Gasteiger partial charge in [0.2, 0.25) is 5.76 Å². The van der Waals surface area contributed by atoms with Crippen LogP contribution in [0, 0.1) is 0 Å². The number of esters is 1. The van der Waals surface area contributed by atoms with Gasteiger partial charge in [-0.1, -0.05) is 26.0 Å². The lowest BCUT2D eigenvalue weighted by Crippen LogP contribution is -2.20. The lowest BCUT2D eigenvalue weighted by Gasteiger charge is -2.09. The summed E-state index contributed by atoms with van der Waals surface area (Å²) in [6.45, 7) is 4.17. The van der Waals surface area contributed by atoms with Crippen LogP contribution in [-0.2, 0) is 16.1 Å². The third-order valence-corrected chi connectivity index (χ3v) is 3.91. The van der Waals surface area contributed by atoms with Crippen LogP contribution in [-0.4, -0.2) is 28.3 Å². The maximum Gasteiger partial charge on any atom is 0.374 e. The molecule has 0 saturated carbocycles. The highest BCUT2D eigenvalue weighted by molar-refractivity contribution is 5.94. The van der Waals surface area contributed by atoms with E-state index >= 15 is 0 Å². The van der Waals surface area contributed by atoms with Crippen LogP contribution in [0.15, 0.2) is 59.3 Å². The highest BCUT2D eigenvalue weighted by Crippen LogP contribution is 2.18. The standard InChI is InChI=1S/C20H21N3O4/c1-14(2)15-5-3-6-16(11-15)22-19(24)13-26-20(25)18-8-7-17(27-18)12-23-10-4-9-21-23/h3-11,14H,12-13H2,1-2H3,(H,22,24). The molecule has 0 bridgehead atoms. The highest BCUT2D eigenvalue weighted by Gasteiger charge is 2.15. The van der Waals surface area contributed by atoms with E-state index in [0.717, 1.165) is 5.56 Å². The molecule has 140 valence electrons. The molecule has 1 amide bonds. The predicted molar refractivity (Wildman–Crippen MR) is 99.5 cm³/mol. The molecular weight excluding hydrogens is 346 g/mol. The van der Waals surface area contributed by atoms with Gasteiger partial charge in [0, 0.05) is 18.1 Å². The van der Waals surface area contributed by atoms with E-state index in [4.69, 9.17) is 9.15 Å². The third-order valence-electron chi connectivity index (χ3n) is 3.91. The Balaban J connectivity index is 1.50. The van der Waals surface area contributed by atoms with Gasteiger partial charge in [-0.15, -0.1) is 0 Å². The normalized spacial score (nSPS) is 10.8. The molecule has 0 atom stereocenters. The molecule has 7 heteroatoms. The number of nitrogens with zero attached hydrogens (tertiary/aromatic N) is 2. The zero-order chi connectivity index (χ0) is 19.2. The van der Waals surface area contributed by atoms with Crippen LogP contribution in [0.4, 0.5) is 5.69 Å². The molecule has 0 aliphatic carbocycles. The number of anilines is 1. The second-order valence-electron chi connectivity index (χ2n) is 6.37. The highest BCUT2D eigenvalue weighted by atomic mass is 16.5. The minimum atomic E-state index is -0.687. The summed E-state index contributed by atoms with van der Waals surface area (Å²) in [6, 6.07) is 12.6. The Morgan fingerprint density at radius 1 is 1.22 bits per heavy atom. The Labute approximate surface area is 156 Å². The number of nitrogens with one attached hydrogen (secondary N) is 1. The number of hydrogen-bond donors (Lipinski definition) is 1. The van der Waals surface area contributed by atoms with Crippen molar-refractivity contribution in [1.29, 1.82) is 0 Å². The number of furan rings is 1. The predicted octanol–water partition coefficient (Wildman–Crippen LogP) is 3.44. The molecule has 1 N–H and O–H groups in total. The molecular formula is C20H21N3O4. The van der Waals surface area contributed by atoms with E-state index in [1.807, 2.05) is 18.2 Å². The van der Waals surface area contributed by atoms with Gasteiger partial charge in [-0.25, -0.2) is 4.79 Å². The van der Waals surface area contributed by atoms with Gasteiger partial charge in [0.25, 0.3) is 5.91 Å². The molecule has 0 fully saturated rings. The van der Waals surface area contributed by atoms with Gasteiger partial charge in [-0.2, -0.15) is 5.10 Å². The van der Waals surface area contributed by atoms with Crippen LogP contribution in [0.3, 0.4) is 0 Å². The monoisotopic (exact) mass is 367 g/mol. The Hall–Kier alpha value is -3.35. The van der Waals surface area contributed by atoms with Crippen LogP contribution in [0.2, 0.25) is 0 Å². The van der Waals surface area contributed by atoms with Crippen molar-refractivity contribution in [2.75, 3.05) is 11.9 Å². The first-order valence-corrected chi connectivity index (χ1v) is 8.64. The van der Waals surface area contributed by atoms with E-state index in [0.29, 0.717) is 23.9 Å². The topological polar surface area (TPSA) is 86.4 Å². The van der Waals surface area contributed by atoms with Crippen molar-refractivity contribution in [3.63, 3.8) is 0 Å². The minimum Gasteiger partial charge on any atom is -0.452 e. The van der Waals surface area contributed by atoms with Gasteiger partial charge in [0.05, 0.1) is 6.54 Å². The molecule has 27 heavy (non-hydrogen) atoms. The van der Waals surface area contributed by atoms with Crippen molar-refractivity contribution in [3.05, 3.63) is 71.9 Å². The Morgan fingerprint density at radius 2 is 2.07 bits per heavy atom. The summed E-state index contributed by atoms with van der Waals surface area (Å²) in [5.74, 6) is -0.123. The van der Waals surface area contributed by atoms with E-state index < -0.39 is 11.9 Å². The van der Waals surface area contributed by atoms with E-state index in [1.165, 1.54) is 6.07 Å². The molecule has 7 nitrogen and oxygen atoms in total. The summed E-state index contributed by atoms with van der Waals surface area (Å²) in [7, 11) is 0. The lowest BCUT2D eigenvalue weighted by atomic mass is 10.0. The average Bonchev–Trinajstić information content (AvgIpc) is 3.32. The van der Waals surface area contributed by atoms with Gasteiger partial charge in [-0.3, -0.25) is 9.48 Å². The SMILES string of the molecule is CC(C)c1cccc(NC(=O)COC(=O)c2ccc(Cn3cccn3)o2)c1. The number of carbonyl (C=O) groups excluding carboxylic acids is 2. The molecule has 2 aromatic heterocycles. The van der Waals surface area contributed by atoms with Crippen molar-refractivity contribution in [2.45, 2.75) is 26.3 Å². The third kappa shape index (κ3) is 5.07. The smallest absolute Gasteiger partial charge is 0.374 e. The average molecular weight is 367 g/mol. The van der Waals surface area contributed by atoms with Crippen LogP contribution >= 0.6 is 0 Å². The number of benzene rings is 1. The van der Waals surface area contributed by atoms with Gasteiger partial charge in [0.1, 0.15) is 5.76 Å². The minimum absolute atomic E-state index is 0.0479. The maximum atomic E-state index is 12.0. The van der Waals surface area contributed by atoms with Crippen molar-refractivity contribution in [2.24, 2.45) is 0 Å². The molecule has 0 aliphatic rings. The van der Waals surface area contributed by atoms with Crippen LogP contribution in [0.1, 0.15) is 41.6 Å². The molecule has 0 radical (unpaired) electrons. The fourth-order valence-corrected chi connectivity index (χ4v) is 2.50. The molecule has 3 rings (SSSR count). The summed E-state index contributed by atoms with van der Waals surface area (Å²) < 4.78 is 12.1. The van der Waals surface area contributed by atoms with Gasteiger partial charge in [0.15, 0.2) is 6.61 Å². The van der Waals surface area contributed by atoms with E-state index in [1.54, 1.807) is 35.3 Å². The summed E-state index contributed by atoms with van der Waals surface area (Å²) in [5, 5.41) is 6.79. The van der Waals surface area contributed by atoms with Gasteiger partial charge < -0.3 is 14.5 Å². The fraction of sp³-hybridized carbons (Fsp3) is 0.250. The lowest BCUT2D eigenvalue weighted by molar-refractivity contribution is -0.119. The van der Waals surface area contributed by atoms with E-state index in [-0.39, 0.29) is 12.4 Å². The zero-order valence-electron chi connectivity index (χ0n) is 15.2. The number of hydrogen-bond acceptors (Lipinski definition) is 5. The van der Waals surface area contributed by atoms with Crippen LogP contribution < -0.4 is 5.32 Å². The zero-order valence-corrected chi connectivity index (χ0v) is 15.2. The number of amides is 1. The molecule has 0 saturated heterocycles. The second kappa shape index (κ2) is 8.35.